The van der Waals surface area contributed by atoms with E-state index in [-0.39, 0.29) is 24.0 Å². The number of pyridine rings is 1. The molecule has 1 aromatic heterocycles. The van der Waals surface area contributed by atoms with Crippen LogP contribution in [0, 0.1) is 18.3 Å². The summed E-state index contributed by atoms with van der Waals surface area (Å²) in [7, 11) is 1.61. The lowest BCUT2D eigenvalue weighted by Gasteiger charge is -2.41. The monoisotopic (exact) mass is 465 g/mol. The normalized spacial score (nSPS) is 20.2. The maximum atomic E-state index is 13.3. The number of aromatic nitrogens is 1. The van der Waals surface area contributed by atoms with Crippen LogP contribution in [0.4, 0.5) is 0 Å². The van der Waals surface area contributed by atoms with Crippen LogP contribution >= 0.6 is 0 Å². The molecule has 0 bridgehead atoms. The Morgan fingerprint density at radius 1 is 1.18 bits per heavy atom. The van der Waals surface area contributed by atoms with E-state index in [4.69, 9.17) is 15.9 Å². The topological polar surface area (TPSA) is 64.0 Å². The van der Waals surface area contributed by atoms with Gasteiger partial charge in [0.15, 0.2) is 0 Å². The van der Waals surface area contributed by atoms with Gasteiger partial charge in [-0.2, -0.15) is 0 Å². The van der Waals surface area contributed by atoms with Crippen molar-refractivity contribution in [2.24, 2.45) is 5.92 Å². The third kappa shape index (κ3) is 5.29. The van der Waals surface area contributed by atoms with Gasteiger partial charge in [0.25, 0.3) is 5.56 Å². The smallest absolute Gasteiger partial charge is 0.310 e. The van der Waals surface area contributed by atoms with E-state index in [9.17, 15) is 9.59 Å². The molecule has 3 heterocycles. The Morgan fingerprint density at radius 3 is 2.68 bits per heavy atom. The molecule has 0 aliphatic carbocycles. The highest BCUT2D eigenvalue weighted by molar-refractivity contribution is 5.81. The highest BCUT2D eigenvalue weighted by Gasteiger charge is 2.32. The predicted octanol–water partition coefficient (Wildman–Crippen LogP) is 2.88. The lowest BCUT2D eigenvalue weighted by Crippen LogP contribution is -2.49. The van der Waals surface area contributed by atoms with Gasteiger partial charge in [-0.15, -0.1) is 6.42 Å². The first kappa shape index (κ1) is 24.3. The summed E-state index contributed by atoms with van der Waals surface area (Å²) >= 11 is 0. The van der Waals surface area contributed by atoms with E-state index in [0.29, 0.717) is 24.9 Å². The third-order valence-electron chi connectivity index (χ3n) is 7.17. The molecule has 2 saturated heterocycles. The molecule has 7 heteroatoms. The van der Waals surface area contributed by atoms with Crippen molar-refractivity contribution in [1.82, 2.24) is 14.4 Å². The van der Waals surface area contributed by atoms with Gasteiger partial charge in [0.1, 0.15) is 5.75 Å². The fourth-order valence-corrected chi connectivity index (χ4v) is 5.37. The Hall–Kier alpha value is -2.82. The van der Waals surface area contributed by atoms with Crippen molar-refractivity contribution in [3.8, 4) is 18.1 Å². The molecule has 2 fully saturated rings. The second-order valence-electron chi connectivity index (χ2n) is 9.28. The fourth-order valence-electron chi connectivity index (χ4n) is 5.37. The first-order valence-electron chi connectivity index (χ1n) is 12.3. The summed E-state index contributed by atoms with van der Waals surface area (Å²) in [6.45, 7) is 6.86. The van der Waals surface area contributed by atoms with Gasteiger partial charge >= 0.3 is 5.97 Å². The number of hydrogen-bond acceptors (Lipinski definition) is 6. The van der Waals surface area contributed by atoms with E-state index in [0.717, 1.165) is 68.3 Å². The van der Waals surface area contributed by atoms with E-state index in [1.54, 1.807) is 11.7 Å². The van der Waals surface area contributed by atoms with E-state index < -0.39 is 0 Å². The number of benzene rings is 1. The van der Waals surface area contributed by atoms with Crippen LogP contribution in [0.1, 0.15) is 38.2 Å². The van der Waals surface area contributed by atoms with Crippen LogP contribution in [0.25, 0.3) is 10.9 Å². The van der Waals surface area contributed by atoms with Crippen LogP contribution in [0.2, 0.25) is 0 Å². The number of rotatable bonds is 7. The summed E-state index contributed by atoms with van der Waals surface area (Å²) in [5.41, 5.74) is 1.53. The van der Waals surface area contributed by atoms with Crippen molar-refractivity contribution in [2.75, 3.05) is 39.9 Å². The molecule has 2 aliphatic rings. The molecule has 4 rings (SSSR count). The molecule has 34 heavy (non-hydrogen) atoms. The number of hydrogen-bond donors (Lipinski definition) is 0. The minimum Gasteiger partial charge on any atom is -0.497 e. The van der Waals surface area contributed by atoms with Crippen LogP contribution in [-0.4, -0.2) is 66.3 Å². The molecular formula is C27H35N3O4. The maximum Gasteiger partial charge on any atom is 0.310 e. The molecule has 1 aromatic carbocycles. The molecule has 2 aromatic rings. The van der Waals surface area contributed by atoms with Gasteiger partial charge in [-0.3, -0.25) is 24.0 Å². The summed E-state index contributed by atoms with van der Waals surface area (Å²) in [6, 6.07) is 8.23. The standard InChI is InChI=1S/C27H35N3O4/c1-4-12-30-25-17-24(33-3)9-8-20(25)16-22(26(30)31)18-28-14-10-23(11-15-28)29-13-6-7-21(19-29)27(32)34-5-2/h1,8-9,16-17,21,23H,5-7,10-15,18-19H2,2-3H3/t21-/m0/s1. The molecule has 0 spiro atoms. The van der Waals surface area contributed by atoms with Crippen LogP contribution < -0.4 is 10.3 Å². The minimum atomic E-state index is -0.0539. The second-order valence-corrected chi connectivity index (χ2v) is 9.28. The summed E-state index contributed by atoms with van der Waals surface area (Å²) in [5.74, 6) is 3.26. The Kier molecular flexibility index (Phi) is 7.91. The zero-order valence-corrected chi connectivity index (χ0v) is 20.3. The number of terminal acetylenes is 1. The summed E-state index contributed by atoms with van der Waals surface area (Å²) in [4.78, 5) is 30.3. The molecule has 0 saturated carbocycles. The molecule has 1 atom stereocenters. The van der Waals surface area contributed by atoms with Gasteiger partial charge in [-0.05, 0) is 75.8 Å². The van der Waals surface area contributed by atoms with Gasteiger partial charge in [-0.1, -0.05) is 5.92 Å². The van der Waals surface area contributed by atoms with Crippen molar-refractivity contribution in [1.29, 1.82) is 0 Å². The van der Waals surface area contributed by atoms with Crippen LogP contribution in [-0.2, 0) is 22.6 Å². The van der Waals surface area contributed by atoms with Crippen molar-refractivity contribution in [2.45, 2.75) is 51.7 Å². The van der Waals surface area contributed by atoms with Crippen LogP contribution in [0.3, 0.4) is 0 Å². The summed E-state index contributed by atoms with van der Waals surface area (Å²) in [5, 5.41) is 0.985. The van der Waals surface area contributed by atoms with Crippen molar-refractivity contribution in [3.05, 3.63) is 40.2 Å². The van der Waals surface area contributed by atoms with Crippen molar-refractivity contribution < 1.29 is 14.3 Å². The third-order valence-corrected chi connectivity index (χ3v) is 7.17. The van der Waals surface area contributed by atoms with Gasteiger partial charge in [0.2, 0.25) is 0 Å². The van der Waals surface area contributed by atoms with Gasteiger partial charge in [-0.25, -0.2) is 0 Å². The highest BCUT2D eigenvalue weighted by atomic mass is 16.5. The Balaban J connectivity index is 1.42. The predicted molar refractivity (Wildman–Crippen MR) is 133 cm³/mol. The second kappa shape index (κ2) is 11.1. The highest BCUT2D eigenvalue weighted by Crippen LogP contribution is 2.26. The Morgan fingerprint density at radius 2 is 1.97 bits per heavy atom. The molecule has 0 amide bonds. The van der Waals surface area contributed by atoms with Crippen molar-refractivity contribution >= 4 is 16.9 Å². The van der Waals surface area contributed by atoms with Crippen LogP contribution in [0.15, 0.2) is 29.1 Å². The average Bonchev–Trinajstić information content (AvgIpc) is 2.87. The van der Waals surface area contributed by atoms with Gasteiger partial charge in [0, 0.05) is 30.8 Å². The SMILES string of the molecule is C#CCn1c(=O)c(CN2CCC(N3CCC[C@H](C(=O)OCC)C3)CC2)cc2ccc(OC)cc21. The lowest BCUT2D eigenvalue weighted by atomic mass is 9.94. The van der Waals surface area contributed by atoms with E-state index in [2.05, 4.69) is 15.7 Å². The molecule has 0 unspecified atom stereocenters. The van der Waals surface area contributed by atoms with Gasteiger partial charge in [0.05, 0.1) is 31.7 Å². The van der Waals surface area contributed by atoms with E-state index >= 15 is 0 Å². The maximum absolute atomic E-state index is 13.3. The molecular weight excluding hydrogens is 430 g/mol. The molecule has 2 aliphatic heterocycles. The number of nitrogens with zero attached hydrogens (tertiary/aromatic N) is 3. The molecule has 0 N–H and O–H groups in total. The Labute approximate surface area is 201 Å². The number of piperidine rings is 2. The van der Waals surface area contributed by atoms with E-state index in [1.807, 2.05) is 31.2 Å². The summed E-state index contributed by atoms with van der Waals surface area (Å²) in [6.07, 6.45) is 9.62. The number of methoxy groups -OCH3 is 1. The zero-order valence-electron chi connectivity index (χ0n) is 20.3. The number of ether oxygens (including phenoxy) is 2. The Bertz CT molecular complexity index is 1110. The number of fused-ring (bicyclic) bond motifs is 1. The largest absolute Gasteiger partial charge is 0.497 e. The fraction of sp³-hybridized carbons (Fsp3) is 0.556. The van der Waals surface area contributed by atoms with E-state index in [1.165, 1.54) is 0 Å². The van der Waals surface area contributed by atoms with Gasteiger partial charge < -0.3 is 9.47 Å². The first-order valence-corrected chi connectivity index (χ1v) is 12.3. The summed E-state index contributed by atoms with van der Waals surface area (Å²) < 4.78 is 12.3. The average molecular weight is 466 g/mol. The number of likely N-dealkylation sites (tertiary alicyclic amines) is 2. The molecule has 0 radical (unpaired) electrons. The number of esters is 1. The lowest BCUT2D eigenvalue weighted by molar-refractivity contribution is -0.150. The molecule has 182 valence electrons. The number of carbonyl (C=O) groups is 1. The minimum absolute atomic E-state index is 0.00224. The molecule has 7 nitrogen and oxygen atoms in total. The first-order chi connectivity index (χ1) is 16.5. The quantitative estimate of drug-likeness (QED) is 0.463. The van der Waals surface area contributed by atoms with Crippen LogP contribution in [0.5, 0.6) is 5.75 Å². The zero-order chi connectivity index (χ0) is 24.1. The van der Waals surface area contributed by atoms with Crippen molar-refractivity contribution in [3.63, 3.8) is 0 Å². The number of carbonyl (C=O) groups excluding carboxylic acids is 1.